The minimum atomic E-state index is -0.167. The monoisotopic (exact) mass is 302 g/mol. The Morgan fingerprint density at radius 3 is 2.95 bits per heavy atom. The normalized spacial score (nSPS) is 17.1. The first kappa shape index (κ1) is 16.0. The second kappa shape index (κ2) is 7.59. The van der Waals surface area contributed by atoms with Crippen LogP contribution in [0.2, 0.25) is 0 Å². The first-order valence-corrected chi connectivity index (χ1v) is 7.53. The molecule has 1 aliphatic rings. The van der Waals surface area contributed by atoms with Crippen LogP contribution in [0.1, 0.15) is 30.1 Å². The van der Waals surface area contributed by atoms with Crippen molar-refractivity contribution in [1.82, 2.24) is 15.2 Å². The maximum absolute atomic E-state index is 11.7. The molecule has 0 spiro atoms. The smallest absolute Gasteiger partial charge is 0.253 e. The quantitative estimate of drug-likeness (QED) is 0.779. The van der Waals surface area contributed by atoms with Gasteiger partial charge < -0.3 is 15.5 Å². The number of amides is 2. The van der Waals surface area contributed by atoms with E-state index < -0.39 is 0 Å². The van der Waals surface area contributed by atoms with E-state index in [9.17, 15) is 9.59 Å². The van der Waals surface area contributed by atoms with E-state index in [2.05, 4.69) is 22.2 Å². The van der Waals surface area contributed by atoms with E-state index in [1.54, 1.807) is 24.4 Å². The zero-order valence-electron chi connectivity index (χ0n) is 12.8. The van der Waals surface area contributed by atoms with Gasteiger partial charge in [0.05, 0.1) is 5.56 Å². The van der Waals surface area contributed by atoms with Crippen LogP contribution >= 0.6 is 0 Å². The van der Waals surface area contributed by atoms with E-state index >= 15 is 0 Å². The van der Waals surface area contributed by atoms with Gasteiger partial charge in [-0.2, -0.15) is 0 Å². The summed E-state index contributed by atoms with van der Waals surface area (Å²) in [4.78, 5) is 29.5. The van der Waals surface area contributed by atoms with Crippen molar-refractivity contribution in [3.8, 4) is 0 Å². The van der Waals surface area contributed by atoms with Gasteiger partial charge in [0, 0.05) is 38.3 Å². The Labute approximate surface area is 130 Å². The third-order valence-corrected chi connectivity index (χ3v) is 3.63. The van der Waals surface area contributed by atoms with E-state index in [0.717, 1.165) is 18.8 Å². The standard InChI is InChI=1S/C16H22N4O2/c1-3-8-17-16(22)12-5-6-14(18-10-12)19-13-7-9-20(11-13)15(21)4-2/h3,5-6,10,13H,1,4,7-9,11H2,2H3,(H,17,22)(H,18,19). The van der Waals surface area contributed by atoms with Crippen LogP contribution in [0.4, 0.5) is 5.82 Å². The van der Waals surface area contributed by atoms with Gasteiger partial charge >= 0.3 is 0 Å². The molecule has 1 fully saturated rings. The molecule has 0 radical (unpaired) electrons. The second-order valence-electron chi connectivity index (χ2n) is 5.25. The van der Waals surface area contributed by atoms with Crippen LogP contribution in [0.3, 0.4) is 0 Å². The van der Waals surface area contributed by atoms with Gasteiger partial charge in [0.15, 0.2) is 0 Å². The maximum atomic E-state index is 11.7. The number of pyridine rings is 1. The summed E-state index contributed by atoms with van der Waals surface area (Å²) < 4.78 is 0. The van der Waals surface area contributed by atoms with Crippen molar-refractivity contribution in [1.29, 1.82) is 0 Å². The molecular formula is C16H22N4O2. The molecule has 6 nitrogen and oxygen atoms in total. The molecule has 1 aliphatic heterocycles. The van der Waals surface area contributed by atoms with Crippen LogP contribution in [0.25, 0.3) is 0 Å². The largest absolute Gasteiger partial charge is 0.365 e. The fourth-order valence-corrected chi connectivity index (χ4v) is 2.42. The summed E-state index contributed by atoms with van der Waals surface area (Å²) in [5.74, 6) is 0.738. The van der Waals surface area contributed by atoms with Gasteiger partial charge in [-0.3, -0.25) is 9.59 Å². The number of rotatable bonds is 6. The molecule has 1 saturated heterocycles. The third kappa shape index (κ3) is 4.07. The highest BCUT2D eigenvalue weighted by Gasteiger charge is 2.25. The van der Waals surface area contributed by atoms with Crippen LogP contribution in [-0.2, 0) is 4.79 Å². The van der Waals surface area contributed by atoms with Gasteiger partial charge in [-0.25, -0.2) is 4.98 Å². The summed E-state index contributed by atoms with van der Waals surface area (Å²) >= 11 is 0. The molecule has 6 heteroatoms. The summed E-state index contributed by atoms with van der Waals surface area (Å²) in [6.07, 6.45) is 4.63. The van der Waals surface area contributed by atoms with Crippen LogP contribution in [-0.4, -0.2) is 47.4 Å². The average molecular weight is 302 g/mol. The zero-order chi connectivity index (χ0) is 15.9. The molecule has 1 aromatic rings. The Balaban J connectivity index is 1.88. The molecular weight excluding hydrogens is 280 g/mol. The SMILES string of the molecule is C=CCNC(=O)c1ccc(NC2CCN(C(=O)CC)C2)nc1. The third-order valence-electron chi connectivity index (χ3n) is 3.63. The van der Waals surface area contributed by atoms with Crippen LogP contribution in [0.5, 0.6) is 0 Å². The molecule has 2 heterocycles. The summed E-state index contributed by atoms with van der Waals surface area (Å²) in [6, 6.07) is 3.73. The molecule has 118 valence electrons. The van der Waals surface area contributed by atoms with Crippen molar-refractivity contribution in [3.63, 3.8) is 0 Å². The molecule has 1 atom stereocenters. The molecule has 0 saturated carbocycles. The lowest BCUT2D eigenvalue weighted by molar-refractivity contribution is -0.129. The Kier molecular flexibility index (Phi) is 5.52. The van der Waals surface area contributed by atoms with Gasteiger partial charge in [0.1, 0.15) is 5.82 Å². The summed E-state index contributed by atoms with van der Waals surface area (Å²) in [7, 11) is 0. The molecule has 0 aliphatic carbocycles. The number of likely N-dealkylation sites (tertiary alicyclic amines) is 1. The van der Waals surface area contributed by atoms with E-state index in [1.165, 1.54) is 0 Å². The molecule has 2 N–H and O–H groups in total. The van der Waals surface area contributed by atoms with E-state index in [4.69, 9.17) is 0 Å². The number of hydrogen-bond acceptors (Lipinski definition) is 4. The van der Waals surface area contributed by atoms with Crippen molar-refractivity contribution in [2.75, 3.05) is 25.0 Å². The molecule has 22 heavy (non-hydrogen) atoms. The summed E-state index contributed by atoms with van der Waals surface area (Å²) in [6.45, 7) is 7.35. The van der Waals surface area contributed by atoms with Crippen molar-refractivity contribution in [2.45, 2.75) is 25.8 Å². The molecule has 0 aromatic carbocycles. The Morgan fingerprint density at radius 1 is 1.50 bits per heavy atom. The van der Waals surface area contributed by atoms with Crippen molar-refractivity contribution in [3.05, 3.63) is 36.5 Å². The number of aromatic nitrogens is 1. The Hall–Kier alpha value is -2.37. The van der Waals surface area contributed by atoms with Crippen molar-refractivity contribution in [2.24, 2.45) is 0 Å². The summed E-state index contributed by atoms with van der Waals surface area (Å²) in [5.41, 5.74) is 0.515. The highest BCUT2D eigenvalue weighted by Crippen LogP contribution is 2.15. The predicted molar refractivity (Wildman–Crippen MR) is 85.7 cm³/mol. The molecule has 1 unspecified atom stereocenters. The minimum absolute atomic E-state index is 0.167. The van der Waals surface area contributed by atoms with Gasteiger partial charge in [-0.1, -0.05) is 13.0 Å². The fourth-order valence-electron chi connectivity index (χ4n) is 2.42. The van der Waals surface area contributed by atoms with Crippen molar-refractivity contribution < 1.29 is 9.59 Å². The van der Waals surface area contributed by atoms with Gasteiger partial charge in [-0.05, 0) is 18.6 Å². The van der Waals surface area contributed by atoms with E-state index in [0.29, 0.717) is 25.1 Å². The first-order valence-electron chi connectivity index (χ1n) is 7.53. The first-order chi connectivity index (χ1) is 10.6. The molecule has 2 rings (SSSR count). The lowest BCUT2D eigenvalue weighted by Gasteiger charge is -2.16. The van der Waals surface area contributed by atoms with Gasteiger partial charge in [0.25, 0.3) is 5.91 Å². The van der Waals surface area contributed by atoms with E-state index in [-0.39, 0.29) is 17.9 Å². The number of carbonyl (C=O) groups excluding carboxylic acids is 2. The number of hydrogen-bond donors (Lipinski definition) is 2. The number of carbonyl (C=O) groups is 2. The van der Waals surface area contributed by atoms with Crippen LogP contribution in [0.15, 0.2) is 31.0 Å². The molecule has 0 bridgehead atoms. The van der Waals surface area contributed by atoms with Crippen molar-refractivity contribution >= 4 is 17.6 Å². The van der Waals surface area contributed by atoms with Crippen LogP contribution in [0, 0.1) is 0 Å². The number of nitrogens with zero attached hydrogens (tertiary/aromatic N) is 2. The Morgan fingerprint density at radius 2 is 2.32 bits per heavy atom. The minimum Gasteiger partial charge on any atom is -0.365 e. The van der Waals surface area contributed by atoms with Crippen LogP contribution < -0.4 is 10.6 Å². The Bertz CT molecular complexity index is 542. The summed E-state index contributed by atoms with van der Waals surface area (Å²) in [5, 5.41) is 6.01. The molecule has 1 aromatic heterocycles. The fraction of sp³-hybridized carbons (Fsp3) is 0.438. The number of anilines is 1. The molecule has 2 amide bonds. The average Bonchev–Trinajstić information content (AvgIpc) is 3.01. The zero-order valence-corrected chi connectivity index (χ0v) is 12.8. The van der Waals surface area contributed by atoms with Gasteiger partial charge in [-0.15, -0.1) is 6.58 Å². The lowest BCUT2D eigenvalue weighted by Crippen LogP contribution is -2.31. The lowest BCUT2D eigenvalue weighted by atomic mass is 10.2. The van der Waals surface area contributed by atoms with Gasteiger partial charge in [0.2, 0.25) is 5.91 Å². The second-order valence-corrected chi connectivity index (χ2v) is 5.25. The highest BCUT2D eigenvalue weighted by atomic mass is 16.2. The highest BCUT2D eigenvalue weighted by molar-refractivity contribution is 5.94. The maximum Gasteiger partial charge on any atom is 0.253 e. The number of nitrogens with one attached hydrogen (secondary N) is 2. The predicted octanol–water partition coefficient (Wildman–Crippen LogP) is 1.42. The topological polar surface area (TPSA) is 74.3 Å². The van der Waals surface area contributed by atoms with E-state index in [1.807, 2.05) is 11.8 Å².